The predicted molar refractivity (Wildman–Crippen MR) is 143 cm³/mol. The summed E-state index contributed by atoms with van der Waals surface area (Å²) < 4.78 is 1.79. The van der Waals surface area contributed by atoms with E-state index >= 15 is 0 Å². The van der Waals surface area contributed by atoms with Crippen molar-refractivity contribution < 1.29 is 9.59 Å². The molecule has 1 aliphatic carbocycles. The van der Waals surface area contributed by atoms with Gasteiger partial charge in [-0.3, -0.25) is 19.3 Å². The SMILES string of the molecule is Cc1ncc(Cl)cc1C(=O)N[C@H]1CC[C@H](CN2C(=O)C3(CN(c4ccn(C)n4)C3)c3ccccc32)CC1. The molecule has 9 heteroatoms. The molecule has 1 aromatic carbocycles. The van der Waals surface area contributed by atoms with Crippen molar-refractivity contribution in [3.05, 3.63) is 70.6 Å². The summed E-state index contributed by atoms with van der Waals surface area (Å²) in [6.07, 6.45) is 7.22. The summed E-state index contributed by atoms with van der Waals surface area (Å²) in [6.45, 7) is 3.86. The summed E-state index contributed by atoms with van der Waals surface area (Å²) in [4.78, 5) is 35.0. The van der Waals surface area contributed by atoms with Gasteiger partial charge in [-0.15, -0.1) is 0 Å². The highest BCUT2D eigenvalue weighted by atomic mass is 35.5. The fourth-order valence-electron chi connectivity index (χ4n) is 6.17. The average molecular weight is 519 g/mol. The van der Waals surface area contributed by atoms with Crippen LogP contribution >= 0.6 is 11.6 Å². The van der Waals surface area contributed by atoms with Gasteiger partial charge in [0.25, 0.3) is 5.91 Å². The molecule has 1 saturated heterocycles. The molecule has 6 rings (SSSR count). The Morgan fingerprint density at radius 2 is 1.92 bits per heavy atom. The number of hydrogen-bond donors (Lipinski definition) is 1. The number of anilines is 2. The molecule has 2 amide bonds. The number of pyridine rings is 1. The van der Waals surface area contributed by atoms with E-state index in [4.69, 9.17) is 11.6 Å². The second-order valence-corrected chi connectivity index (χ2v) is 11.1. The zero-order chi connectivity index (χ0) is 25.7. The maximum atomic E-state index is 13.8. The number of carbonyl (C=O) groups is 2. The standard InChI is InChI=1S/C28H31ClN6O2/c1-18-22(13-20(29)14-30-18)26(36)31-21-9-7-19(8-10-21)15-35-24-6-4-3-5-23(24)28(27(35)37)16-34(17-28)25-11-12-33(2)32-25/h3-6,11-14,19,21H,7-10,15-17H2,1-2H3,(H,31,36)/t19-,21-. The smallest absolute Gasteiger partial charge is 0.253 e. The molecule has 0 atom stereocenters. The summed E-state index contributed by atoms with van der Waals surface area (Å²) in [5.74, 6) is 1.41. The van der Waals surface area contributed by atoms with Gasteiger partial charge in [0, 0.05) is 56.9 Å². The predicted octanol–water partition coefficient (Wildman–Crippen LogP) is 3.87. The first-order chi connectivity index (χ1) is 17.8. The van der Waals surface area contributed by atoms with Gasteiger partial charge in [-0.25, -0.2) is 0 Å². The van der Waals surface area contributed by atoms with E-state index in [-0.39, 0.29) is 17.9 Å². The van der Waals surface area contributed by atoms with Gasteiger partial charge in [-0.2, -0.15) is 5.10 Å². The van der Waals surface area contributed by atoms with Crippen LogP contribution in [0, 0.1) is 12.8 Å². The zero-order valence-electron chi connectivity index (χ0n) is 21.2. The minimum Gasteiger partial charge on any atom is -0.352 e. The number of nitrogens with one attached hydrogen (secondary N) is 1. The van der Waals surface area contributed by atoms with Crippen molar-refractivity contribution in [2.45, 2.75) is 44.1 Å². The van der Waals surface area contributed by atoms with E-state index in [9.17, 15) is 9.59 Å². The zero-order valence-corrected chi connectivity index (χ0v) is 21.9. The monoisotopic (exact) mass is 518 g/mol. The number of halogens is 1. The molecule has 2 aliphatic heterocycles. The summed E-state index contributed by atoms with van der Waals surface area (Å²) in [6, 6.07) is 12.0. The Hall–Kier alpha value is -3.39. The highest BCUT2D eigenvalue weighted by Gasteiger charge is 2.58. The van der Waals surface area contributed by atoms with Crippen LogP contribution in [0.15, 0.2) is 48.8 Å². The van der Waals surface area contributed by atoms with Crippen LogP contribution in [0.1, 0.15) is 47.3 Å². The van der Waals surface area contributed by atoms with Gasteiger partial charge < -0.3 is 15.1 Å². The molecular formula is C28H31ClN6O2. The van der Waals surface area contributed by atoms with Crippen LogP contribution in [0.3, 0.4) is 0 Å². The third kappa shape index (κ3) is 4.17. The summed E-state index contributed by atoms with van der Waals surface area (Å²) in [7, 11) is 1.91. The normalized spacial score (nSPS) is 22.2. The molecule has 4 heterocycles. The Labute approximate surface area is 221 Å². The number of aryl methyl sites for hydroxylation is 2. The topological polar surface area (TPSA) is 83.4 Å². The van der Waals surface area contributed by atoms with Crippen molar-refractivity contribution in [3.8, 4) is 0 Å². The van der Waals surface area contributed by atoms with Gasteiger partial charge in [0.1, 0.15) is 5.41 Å². The average Bonchev–Trinajstić information content (AvgIpc) is 3.40. The molecule has 0 unspecified atom stereocenters. The molecule has 0 bridgehead atoms. The van der Waals surface area contributed by atoms with Crippen molar-refractivity contribution in [1.82, 2.24) is 20.1 Å². The Morgan fingerprint density at radius 1 is 1.16 bits per heavy atom. The van der Waals surface area contributed by atoms with Crippen molar-refractivity contribution in [2.75, 3.05) is 29.4 Å². The number of nitrogens with zero attached hydrogens (tertiary/aromatic N) is 5. The number of carbonyl (C=O) groups excluding carboxylic acids is 2. The number of fused-ring (bicyclic) bond motifs is 2. The molecule has 3 aliphatic rings. The van der Waals surface area contributed by atoms with Gasteiger partial charge in [0.2, 0.25) is 5.91 Å². The number of rotatable bonds is 5. The Kier molecular flexibility index (Phi) is 5.94. The lowest BCUT2D eigenvalue weighted by atomic mass is 9.74. The molecular weight excluding hydrogens is 488 g/mol. The third-order valence-electron chi connectivity index (χ3n) is 8.23. The van der Waals surface area contributed by atoms with Crippen LogP contribution in [0.5, 0.6) is 0 Å². The van der Waals surface area contributed by atoms with Crippen LogP contribution in [0.4, 0.5) is 11.5 Å². The highest BCUT2D eigenvalue weighted by Crippen LogP contribution is 2.48. The summed E-state index contributed by atoms with van der Waals surface area (Å²) >= 11 is 6.04. The van der Waals surface area contributed by atoms with Gasteiger partial charge in [0.15, 0.2) is 5.82 Å². The van der Waals surface area contributed by atoms with Gasteiger partial charge in [-0.05, 0) is 56.2 Å². The number of benzene rings is 1. The Morgan fingerprint density at radius 3 is 2.65 bits per heavy atom. The van der Waals surface area contributed by atoms with Crippen molar-refractivity contribution in [1.29, 1.82) is 0 Å². The van der Waals surface area contributed by atoms with E-state index < -0.39 is 5.41 Å². The maximum absolute atomic E-state index is 13.8. The maximum Gasteiger partial charge on any atom is 0.253 e. The molecule has 2 fully saturated rings. The lowest BCUT2D eigenvalue weighted by molar-refractivity contribution is -0.124. The third-order valence-corrected chi connectivity index (χ3v) is 8.44. The van der Waals surface area contributed by atoms with Gasteiger partial charge in [0.05, 0.1) is 16.3 Å². The molecule has 2 aromatic heterocycles. The summed E-state index contributed by atoms with van der Waals surface area (Å²) in [5.41, 5.74) is 2.90. The molecule has 0 radical (unpaired) electrons. The fraction of sp³-hybridized carbons (Fsp3) is 0.429. The Balaban J connectivity index is 1.09. The largest absolute Gasteiger partial charge is 0.352 e. The number of aromatic nitrogens is 3. The lowest BCUT2D eigenvalue weighted by Crippen LogP contribution is -2.64. The van der Waals surface area contributed by atoms with Crippen LogP contribution in [-0.4, -0.2) is 52.3 Å². The van der Waals surface area contributed by atoms with E-state index in [0.717, 1.165) is 49.3 Å². The van der Waals surface area contributed by atoms with Crippen molar-refractivity contribution >= 4 is 34.9 Å². The summed E-state index contributed by atoms with van der Waals surface area (Å²) in [5, 5.41) is 8.14. The molecule has 192 valence electrons. The second-order valence-electron chi connectivity index (χ2n) is 10.7. The second kappa shape index (κ2) is 9.17. The minimum atomic E-state index is -0.484. The van der Waals surface area contributed by atoms with E-state index in [2.05, 4.69) is 32.4 Å². The highest BCUT2D eigenvalue weighted by molar-refractivity contribution is 6.30. The number of para-hydroxylation sites is 1. The van der Waals surface area contributed by atoms with Gasteiger partial charge >= 0.3 is 0 Å². The fourth-order valence-corrected chi connectivity index (χ4v) is 6.33. The molecule has 1 saturated carbocycles. The van der Waals surface area contributed by atoms with Crippen LogP contribution in [0.25, 0.3) is 0 Å². The molecule has 1 spiro atoms. The van der Waals surface area contributed by atoms with E-state index in [0.29, 0.717) is 35.3 Å². The molecule has 3 aromatic rings. The first-order valence-corrected chi connectivity index (χ1v) is 13.3. The van der Waals surface area contributed by atoms with Crippen LogP contribution in [0.2, 0.25) is 5.02 Å². The quantitative estimate of drug-likeness (QED) is 0.554. The Bertz CT molecular complexity index is 1360. The minimum absolute atomic E-state index is 0.119. The molecule has 37 heavy (non-hydrogen) atoms. The van der Waals surface area contributed by atoms with Gasteiger partial charge in [-0.1, -0.05) is 29.8 Å². The van der Waals surface area contributed by atoms with E-state index in [1.807, 2.05) is 43.3 Å². The van der Waals surface area contributed by atoms with E-state index in [1.165, 1.54) is 0 Å². The van der Waals surface area contributed by atoms with Crippen LogP contribution in [-0.2, 0) is 17.3 Å². The van der Waals surface area contributed by atoms with E-state index in [1.54, 1.807) is 16.9 Å². The van der Waals surface area contributed by atoms with Crippen molar-refractivity contribution in [3.63, 3.8) is 0 Å². The molecule has 8 nitrogen and oxygen atoms in total. The lowest BCUT2D eigenvalue weighted by Gasteiger charge is -2.47. The van der Waals surface area contributed by atoms with Crippen molar-refractivity contribution in [2.24, 2.45) is 13.0 Å². The first-order valence-electron chi connectivity index (χ1n) is 12.9. The molecule has 1 N–H and O–H groups in total. The number of amides is 2. The number of hydrogen-bond acceptors (Lipinski definition) is 5. The first kappa shape index (κ1) is 24.0. The van der Waals surface area contributed by atoms with Crippen LogP contribution < -0.4 is 15.1 Å².